The molecule has 1 aliphatic carbocycles. The Labute approximate surface area is 117 Å². The molecular formula is C14H18BrClO. The van der Waals surface area contributed by atoms with Crippen LogP contribution in [-0.2, 0) is 6.42 Å². The number of hydrogen-bond acceptors (Lipinski definition) is 1. The predicted molar refractivity (Wildman–Crippen MR) is 76.0 cm³/mol. The summed E-state index contributed by atoms with van der Waals surface area (Å²) in [5.74, 6) is 1.60. The molecule has 2 rings (SSSR count). The van der Waals surface area contributed by atoms with E-state index in [-0.39, 0.29) is 5.38 Å². The van der Waals surface area contributed by atoms with Gasteiger partial charge in [0.15, 0.2) is 0 Å². The summed E-state index contributed by atoms with van der Waals surface area (Å²) < 4.78 is 6.72. The fourth-order valence-corrected chi connectivity index (χ4v) is 3.57. The van der Waals surface area contributed by atoms with E-state index in [2.05, 4.69) is 35.0 Å². The number of halogens is 2. The maximum atomic E-state index is 6.51. The van der Waals surface area contributed by atoms with Gasteiger partial charge >= 0.3 is 0 Å². The topological polar surface area (TPSA) is 9.23 Å². The van der Waals surface area contributed by atoms with Crippen LogP contribution in [0.2, 0.25) is 0 Å². The van der Waals surface area contributed by atoms with Crippen LogP contribution >= 0.6 is 27.5 Å². The average Bonchev–Trinajstić information content (AvgIpc) is 2.40. The van der Waals surface area contributed by atoms with Gasteiger partial charge in [-0.05, 0) is 55.4 Å². The van der Waals surface area contributed by atoms with E-state index in [1.807, 2.05) is 6.92 Å². The van der Waals surface area contributed by atoms with Gasteiger partial charge in [0, 0.05) is 4.47 Å². The first kappa shape index (κ1) is 13.2. The molecule has 17 heavy (non-hydrogen) atoms. The normalized spacial score (nSPS) is 24.0. The van der Waals surface area contributed by atoms with Crippen molar-refractivity contribution < 1.29 is 4.74 Å². The maximum absolute atomic E-state index is 6.51. The van der Waals surface area contributed by atoms with Crippen LogP contribution in [0.3, 0.4) is 0 Å². The molecule has 0 bridgehead atoms. The quantitative estimate of drug-likeness (QED) is 0.544. The summed E-state index contributed by atoms with van der Waals surface area (Å²) in [6, 6.07) is 4.17. The largest absolute Gasteiger partial charge is 0.494 e. The minimum absolute atomic E-state index is 0.110. The predicted octanol–water partition coefficient (Wildman–Crippen LogP) is 5.10. The molecule has 2 unspecified atom stereocenters. The molecule has 3 heteroatoms. The van der Waals surface area contributed by atoms with Crippen molar-refractivity contribution in [3.05, 3.63) is 27.7 Å². The Balaban J connectivity index is 2.41. The van der Waals surface area contributed by atoms with Gasteiger partial charge in [-0.1, -0.05) is 22.9 Å². The van der Waals surface area contributed by atoms with Gasteiger partial charge in [-0.15, -0.1) is 11.6 Å². The fourth-order valence-electron chi connectivity index (χ4n) is 2.41. The van der Waals surface area contributed by atoms with Crippen LogP contribution in [0.5, 0.6) is 5.75 Å². The highest BCUT2D eigenvalue weighted by Crippen LogP contribution is 2.41. The molecule has 2 atom stereocenters. The molecule has 0 aromatic heterocycles. The highest BCUT2D eigenvalue weighted by atomic mass is 79.9. The molecule has 94 valence electrons. The van der Waals surface area contributed by atoms with E-state index in [9.17, 15) is 0 Å². The number of fused-ring (bicyclic) bond motifs is 1. The van der Waals surface area contributed by atoms with E-state index in [0.29, 0.717) is 12.5 Å². The SMILES string of the molecule is CCOc1cc(Br)c2c(c1)C(Cl)CC(C)CC2. The maximum Gasteiger partial charge on any atom is 0.120 e. The summed E-state index contributed by atoms with van der Waals surface area (Å²) in [6.07, 6.45) is 3.37. The lowest BCUT2D eigenvalue weighted by Gasteiger charge is -2.15. The molecule has 0 saturated heterocycles. The Morgan fingerprint density at radius 1 is 1.47 bits per heavy atom. The van der Waals surface area contributed by atoms with Gasteiger partial charge in [0.2, 0.25) is 0 Å². The molecule has 0 N–H and O–H groups in total. The number of rotatable bonds is 2. The summed E-state index contributed by atoms with van der Waals surface area (Å²) in [5.41, 5.74) is 2.60. The summed E-state index contributed by atoms with van der Waals surface area (Å²) in [5, 5.41) is 0.110. The highest BCUT2D eigenvalue weighted by Gasteiger charge is 2.23. The van der Waals surface area contributed by atoms with Gasteiger partial charge in [-0.2, -0.15) is 0 Å². The van der Waals surface area contributed by atoms with E-state index < -0.39 is 0 Å². The zero-order valence-electron chi connectivity index (χ0n) is 10.3. The van der Waals surface area contributed by atoms with E-state index in [1.54, 1.807) is 0 Å². The molecule has 0 amide bonds. The average molecular weight is 318 g/mol. The molecule has 1 nitrogen and oxygen atoms in total. The van der Waals surface area contributed by atoms with E-state index in [4.69, 9.17) is 16.3 Å². The standard InChI is InChI=1S/C14H18BrClO/c1-3-17-10-7-12-11(13(15)8-10)5-4-9(2)6-14(12)16/h7-9,14H,3-6H2,1-2H3. The van der Waals surface area contributed by atoms with Crippen LogP contribution < -0.4 is 4.74 Å². The summed E-state index contributed by atoms with van der Waals surface area (Å²) in [7, 11) is 0. The second kappa shape index (κ2) is 5.62. The summed E-state index contributed by atoms with van der Waals surface area (Å²) >= 11 is 10.2. The number of hydrogen-bond donors (Lipinski definition) is 0. The first-order chi connectivity index (χ1) is 8.11. The van der Waals surface area contributed by atoms with Gasteiger partial charge in [0.1, 0.15) is 5.75 Å². The number of ether oxygens (including phenoxy) is 1. The Bertz CT molecular complexity index is 405. The Morgan fingerprint density at radius 2 is 2.24 bits per heavy atom. The molecule has 0 aliphatic heterocycles. The van der Waals surface area contributed by atoms with Crippen LogP contribution in [0.15, 0.2) is 16.6 Å². The van der Waals surface area contributed by atoms with Crippen LogP contribution in [0.25, 0.3) is 0 Å². The van der Waals surface area contributed by atoms with Crippen molar-refractivity contribution in [1.29, 1.82) is 0 Å². The first-order valence-electron chi connectivity index (χ1n) is 6.21. The Kier molecular flexibility index (Phi) is 4.37. The van der Waals surface area contributed by atoms with E-state index in [1.165, 1.54) is 17.5 Å². The molecule has 0 spiro atoms. The molecule has 0 saturated carbocycles. The van der Waals surface area contributed by atoms with Crippen LogP contribution in [0.4, 0.5) is 0 Å². The van der Waals surface area contributed by atoms with Crippen LogP contribution in [0.1, 0.15) is 43.2 Å². The molecule has 1 aliphatic rings. The van der Waals surface area contributed by atoms with Crippen molar-refractivity contribution in [3.8, 4) is 5.75 Å². The Hall–Kier alpha value is -0.210. The van der Waals surface area contributed by atoms with Gasteiger partial charge in [-0.3, -0.25) is 0 Å². The second-order valence-electron chi connectivity index (χ2n) is 4.75. The minimum atomic E-state index is 0.110. The van der Waals surface area contributed by atoms with Crippen molar-refractivity contribution in [3.63, 3.8) is 0 Å². The van der Waals surface area contributed by atoms with E-state index >= 15 is 0 Å². The Morgan fingerprint density at radius 3 is 2.94 bits per heavy atom. The zero-order chi connectivity index (χ0) is 12.4. The fraction of sp³-hybridized carbons (Fsp3) is 0.571. The minimum Gasteiger partial charge on any atom is -0.494 e. The van der Waals surface area contributed by atoms with Gasteiger partial charge in [0.25, 0.3) is 0 Å². The third-order valence-electron chi connectivity index (χ3n) is 3.35. The third-order valence-corrected chi connectivity index (χ3v) is 4.47. The molecule has 0 radical (unpaired) electrons. The van der Waals surface area contributed by atoms with Crippen LogP contribution in [0, 0.1) is 5.92 Å². The zero-order valence-corrected chi connectivity index (χ0v) is 12.6. The number of benzene rings is 1. The summed E-state index contributed by atoms with van der Waals surface area (Å²) in [4.78, 5) is 0. The van der Waals surface area contributed by atoms with Gasteiger partial charge in [0.05, 0.1) is 12.0 Å². The monoisotopic (exact) mass is 316 g/mol. The van der Waals surface area contributed by atoms with Crippen LogP contribution in [-0.4, -0.2) is 6.61 Å². The van der Waals surface area contributed by atoms with Gasteiger partial charge in [-0.25, -0.2) is 0 Å². The van der Waals surface area contributed by atoms with Crippen molar-refractivity contribution in [1.82, 2.24) is 0 Å². The summed E-state index contributed by atoms with van der Waals surface area (Å²) in [6.45, 7) is 4.97. The lowest BCUT2D eigenvalue weighted by Crippen LogP contribution is -1.99. The second-order valence-corrected chi connectivity index (χ2v) is 6.13. The molecule has 0 heterocycles. The van der Waals surface area contributed by atoms with Crippen molar-refractivity contribution in [2.75, 3.05) is 6.61 Å². The van der Waals surface area contributed by atoms with Crippen molar-refractivity contribution >= 4 is 27.5 Å². The molecule has 0 fully saturated rings. The highest BCUT2D eigenvalue weighted by molar-refractivity contribution is 9.10. The van der Waals surface area contributed by atoms with Crippen molar-refractivity contribution in [2.24, 2.45) is 5.92 Å². The smallest absolute Gasteiger partial charge is 0.120 e. The first-order valence-corrected chi connectivity index (χ1v) is 7.44. The molecule has 1 aromatic carbocycles. The number of alkyl halides is 1. The van der Waals surface area contributed by atoms with E-state index in [0.717, 1.165) is 23.1 Å². The lowest BCUT2D eigenvalue weighted by atomic mass is 10.0. The van der Waals surface area contributed by atoms with Gasteiger partial charge < -0.3 is 4.74 Å². The molecule has 1 aromatic rings. The van der Waals surface area contributed by atoms with Crippen molar-refractivity contribution in [2.45, 2.75) is 38.5 Å². The third kappa shape index (κ3) is 2.97. The lowest BCUT2D eigenvalue weighted by molar-refractivity contribution is 0.339. The molecular weight excluding hydrogens is 300 g/mol.